The van der Waals surface area contributed by atoms with Crippen molar-refractivity contribution in [2.24, 2.45) is 0 Å². The topological polar surface area (TPSA) is 31.1 Å². The molecule has 134 valence electrons. The largest absolute Gasteiger partial charge is 0.358 e. The van der Waals surface area contributed by atoms with Crippen molar-refractivity contribution in [3.8, 4) is 0 Å². The van der Waals surface area contributed by atoms with Crippen molar-refractivity contribution < 1.29 is 0 Å². The van der Waals surface area contributed by atoms with Crippen LogP contribution in [0.3, 0.4) is 0 Å². The number of para-hydroxylation sites is 1. The van der Waals surface area contributed by atoms with Crippen LogP contribution in [-0.2, 0) is 0 Å². The molecule has 0 saturated carbocycles. The summed E-state index contributed by atoms with van der Waals surface area (Å²) in [5.74, 6) is 0.582. The number of aromatic nitrogens is 1. The number of aromatic amines is 1. The highest BCUT2D eigenvalue weighted by atomic mass is 32.1. The van der Waals surface area contributed by atoms with Crippen LogP contribution in [0.4, 0.5) is 5.69 Å². The van der Waals surface area contributed by atoms with Crippen LogP contribution in [0.15, 0.2) is 48.5 Å². The molecule has 1 aromatic heterocycles. The van der Waals surface area contributed by atoms with Crippen LogP contribution in [0.1, 0.15) is 35.6 Å². The first kappa shape index (κ1) is 17.1. The van der Waals surface area contributed by atoms with Gasteiger partial charge in [-0.25, -0.2) is 0 Å². The lowest BCUT2D eigenvalue weighted by Gasteiger charge is -2.34. The molecule has 0 bridgehead atoms. The molecule has 4 heteroatoms. The van der Waals surface area contributed by atoms with Gasteiger partial charge in [-0.1, -0.05) is 29.8 Å². The number of aryl methyl sites for hydroxylation is 2. The molecule has 2 N–H and O–H groups in total. The highest BCUT2D eigenvalue weighted by Crippen LogP contribution is 2.34. The summed E-state index contributed by atoms with van der Waals surface area (Å²) in [7, 11) is 0. The van der Waals surface area contributed by atoms with E-state index >= 15 is 0 Å². The number of H-pyrrole nitrogens is 1. The maximum atomic E-state index is 5.61. The van der Waals surface area contributed by atoms with Crippen molar-refractivity contribution in [1.82, 2.24) is 9.88 Å². The van der Waals surface area contributed by atoms with Crippen molar-refractivity contribution in [2.75, 3.05) is 18.4 Å². The summed E-state index contributed by atoms with van der Waals surface area (Å²) in [5, 5.41) is 5.55. The highest BCUT2D eigenvalue weighted by molar-refractivity contribution is 7.80. The zero-order valence-electron chi connectivity index (χ0n) is 15.4. The van der Waals surface area contributed by atoms with Gasteiger partial charge in [-0.15, -0.1) is 0 Å². The first-order valence-corrected chi connectivity index (χ1v) is 9.72. The smallest absolute Gasteiger partial charge is 0.173 e. The van der Waals surface area contributed by atoms with E-state index in [1.54, 1.807) is 0 Å². The summed E-state index contributed by atoms with van der Waals surface area (Å²) in [4.78, 5) is 5.97. The molecule has 2 heterocycles. The monoisotopic (exact) mass is 363 g/mol. The van der Waals surface area contributed by atoms with E-state index in [2.05, 4.69) is 59.4 Å². The minimum absolute atomic E-state index is 0.582. The van der Waals surface area contributed by atoms with Crippen LogP contribution in [0, 0.1) is 13.8 Å². The lowest BCUT2D eigenvalue weighted by atomic mass is 9.91. The summed E-state index contributed by atoms with van der Waals surface area (Å²) in [6.45, 7) is 6.40. The summed E-state index contributed by atoms with van der Waals surface area (Å²) in [6.07, 6.45) is 2.26. The zero-order valence-corrected chi connectivity index (χ0v) is 16.2. The Morgan fingerprint density at radius 2 is 1.81 bits per heavy atom. The fraction of sp³-hybridized carbons (Fsp3) is 0.318. The van der Waals surface area contributed by atoms with Crippen LogP contribution in [-0.4, -0.2) is 28.1 Å². The molecule has 26 heavy (non-hydrogen) atoms. The van der Waals surface area contributed by atoms with Gasteiger partial charge in [0.25, 0.3) is 0 Å². The minimum Gasteiger partial charge on any atom is -0.358 e. The molecule has 0 amide bonds. The molecule has 1 fully saturated rings. The Labute approximate surface area is 160 Å². The van der Waals surface area contributed by atoms with E-state index in [4.69, 9.17) is 12.2 Å². The molecular weight excluding hydrogens is 338 g/mol. The van der Waals surface area contributed by atoms with Gasteiger partial charge in [-0.3, -0.25) is 0 Å². The second kappa shape index (κ2) is 7.12. The number of thiocarbonyl (C=S) groups is 1. The van der Waals surface area contributed by atoms with Gasteiger partial charge in [-0.05, 0) is 68.7 Å². The van der Waals surface area contributed by atoms with Crippen LogP contribution in [0.25, 0.3) is 10.9 Å². The fourth-order valence-electron chi connectivity index (χ4n) is 3.96. The molecule has 2 aromatic carbocycles. The first-order valence-electron chi connectivity index (χ1n) is 9.31. The van der Waals surface area contributed by atoms with Crippen molar-refractivity contribution in [3.63, 3.8) is 0 Å². The zero-order chi connectivity index (χ0) is 18.1. The number of fused-ring (bicyclic) bond motifs is 1. The number of hydrogen-bond acceptors (Lipinski definition) is 1. The third-order valence-electron chi connectivity index (χ3n) is 5.47. The average molecular weight is 364 g/mol. The second-order valence-corrected chi connectivity index (χ2v) is 7.66. The van der Waals surface area contributed by atoms with Crippen molar-refractivity contribution in [1.29, 1.82) is 0 Å². The van der Waals surface area contributed by atoms with Gasteiger partial charge in [0.05, 0.1) is 0 Å². The summed E-state index contributed by atoms with van der Waals surface area (Å²) >= 11 is 5.61. The molecule has 4 rings (SSSR count). The Kier molecular flexibility index (Phi) is 4.68. The van der Waals surface area contributed by atoms with E-state index in [0.717, 1.165) is 36.7 Å². The van der Waals surface area contributed by atoms with Gasteiger partial charge >= 0.3 is 0 Å². The average Bonchev–Trinajstić information content (AvgIpc) is 2.99. The molecule has 1 aliphatic heterocycles. The molecular formula is C22H25N3S. The van der Waals surface area contributed by atoms with E-state index < -0.39 is 0 Å². The minimum atomic E-state index is 0.582. The van der Waals surface area contributed by atoms with E-state index in [9.17, 15) is 0 Å². The van der Waals surface area contributed by atoms with Gasteiger partial charge in [0, 0.05) is 41.3 Å². The number of anilines is 1. The predicted octanol–water partition coefficient (Wildman–Crippen LogP) is 5.36. The Hall–Kier alpha value is -2.33. The van der Waals surface area contributed by atoms with E-state index in [1.807, 2.05) is 18.2 Å². The van der Waals surface area contributed by atoms with Crippen LogP contribution in [0.5, 0.6) is 0 Å². The normalized spacial score (nSPS) is 15.4. The fourth-order valence-corrected chi connectivity index (χ4v) is 4.27. The SMILES string of the molecule is Cc1ccc2[nH]c(C3CCN(C(=S)Nc4ccccc4)CC3)c(C)c2c1. The van der Waals surface area contributed by atoms with Gasteiger partial charge in [0.15, 0.2) is 5.11 Å². The number of nitrogens with one attached hydrogen (secondary N) is 2. The third kappa shape index (κ3) is 3.34. The third-order valence-corrected chi connectivity index (χ3v) is 5.83. The summed E-state index contributed by atoms with van der Waals surface area (Å²) in [6, 6.07) is 16.8. The standard InChI is InChI=1S/C22H25N3S/c1-15-8-9-20-19(14-15)16(2)21(24-20)17-10-12-25(13-11-17)22(26)23-18-6-4-3-5-7-18/h3-9,14,17,24H,10-13H2,1-2H3,(H,23,26). The summed E-state index contributed by atoms with van der Waals surface area (Å²) in [5.41, 5.74) is 6.45. The summed E-state index contributed by atoms with van der Waals surface area (Å²) < 4.78 is 0. The molecule has 0 unspecified atom stereocenters. The van der Waals surface area contributed by atoms with Gasteiger partial charge in [-0.2, -0.15) is 0 Å². The van der Waals surface area contributed by atoms with E-state index in [-0.39, 0.29) is 0 Å². The van der Waals surface area contributed by atoms with Crippen molar-refractivity contribution >= 4 is 33.9 Å². The molecule has 3 aromatic rings. The number of likely N-dealkylation sites (tertiary alicyclic amines) is 1. The number of benzene rings is 2. The quantitative estimate of drug-likeness (QED) is 0.601. The number of piperidine rings is 1. The highest BCUT2D eigenvalue weighted by Gasteiger charge is 2.25. The Balaban J connectivity index is 1.44. The predicted molar refractivity (Wildman–Crippen MR) is 114 cm³/mol. The molecule has 0 radical (unpaired) electrons. The number of rotatable bonds is 2. The van der Waals surface area contributed by atoms with Gasteiger partial charge in [0.2, 0.25) is 0 Å². The number of nitrogens with zero attached hydrogens (tertiary/aromatic N) is 1. The van der Waals surface area contributed by atoms with E-state index in [0.29, 0.717) is 5.92 Å². The van der Waals surface area contributed by atoms with Crippen LogP contribution < -0.4 is 5.32 Å². The molecule has 0 atom stereocenters. The van der Waals surface area contributed by atoms with Crippen LogP contribution >= 0.6 is 12.2 Å². The maximum absolute atomic E-state index is 5.61. The molecule has 1 aliphatic rings. The Morgan fingerprint density at radius 1 is 1.08 bits per heavy atom. The van der Waals surface area contributed by atoms with Gasteiger partial charge < -0.3 is 15.2 Å². The van der Waals surface area contributed by atoms with E-state index in [1.165, 1.54) is 27.7 Å². The van der Waals surface area contributed by atoms with Crippen molar-refractivity contribution in [3.05, 3.63) is 65.4 Å². The van der Waals surface area contributed by atoms with Crippen molar-refractivity contribution in [2.45, 2.75) is 32.6 Å². The number of hydrogen-bond donors (Lipinski definition) is 2. The van der Waals surface area contributed by atoms with Gasteiger partial charge in [0.1, 0.15) is 0 Å². The molecule has 3 nitrogen and oxygen atoms in total. The Bertz CT molecular complexity index is 921. The lowest BCUT2D eigenvalue weighted by molar-refractivity contribution is 0.314. The Morgan fingerprint density at radius 3 is 2.54 bits per heavy atom. The maximum Gasteiger partial charge on any atom is 0.173 e. The molecule has 0 aliphatic carbocycles. The first-order chi connectivity index (χ1) is 12.6. The molecule has 0 spiro atoms. The second-order valence-electron chi connectivity index (χ2n) is 7.27. The molecule has 1 saturated heterocycles. The lowest BCUT2D eigenvalue weighted by Crippen LogP contribution is -2.40. The van der Waals surface area contributed by atoms with Crippen LogP contribution in [0.2, 0.25) is 0 Å².